The average Bonchev–Trinajstić information content (AvgIpc) is 3.54. The van der Waals surface area contributed by atoms with Crippen molar-refractivity contribution in [1.29, 1.82) is 0 Å². The number of aromatic nitrogens is 2. The fourth-order valence-electron chi connectivity index (χ4n) is 3.40. The molecular formula is C25H27N5O4S3. The Morgan fingerprint density at radius 1 is 1.05 bits per heavy atom. The van der Waals surface area contributed by atoms with Gasteiger partial charge in [-0.3, -0.25) is 5.32 Å². The minimum atomic E-state index is -3.95. The summed E-state index contributed by atoms with van der Waals surface area (Å²) in [6.45, 7) is 5.32. The van der Waals surface area contributed by atoms with Gasteiger partial charge in [0.25, 0.3) is 0 Å². The van der Waals surface area contributed by atoms with Crippen molar-refractivity contribution in [2.45, 2.75) is 37.8 Å². The molecule has 0 saturated carbocycles. The summed E-state index contributed by atoms with van der Waals surface area (Å²) >= 11 is 2.76. The van der Waals surface area contributed by atoms with E-state index >= 15 is 0 Å². The van der Waals surface area contributed by atoms with Crippen LogP contribution in [0.1, 0.15) is 25.8 Å². The smallest absolute Gasteiger partial charge is 0.412 e. The first kappa shape index (κ1) is 26.7. The van der Waals surface area contributed by atoms with E-state index in [9.17, 15) is 13.2 Å². The van der Waals surface area contributed by atoms with Crippen LogP contribution in [0.4, 0.5) is 16.2 Å². The molecule has 4 aromatic rings. The summed E-state index contributed by atoms with van der Waals surface area (Å²) in [5, 5.41) is 8.89. The zero-order chi connectivity index (χ0) is 26.6. The molecule has 0 aliphatic heterocycles. The number of hydrogen-bond acceptors (Lipinski definition) is 9. The van der Waals surface area contributed by atoms with E-state index in [1.807, 2.05) is 31.3 Å². The molecule has 37 heavy (non-hydrogen) atoms. The van der Waals surface area contributed by atoms with Gasteiger partial charge in [0.2, 0.25) is 10.0 Å². The van der Waals surface area contributed by atoms with Gasteiger partial charge in [-0.1, -0.05) is 6.07 Å². The number of carbonyl (C=O) groups excluding carboxylic acids is 1. The molecular weight excluding hydrogens is 531 g/mol. The SMILES string of the molecule is CNc1ccc(-c2ncc(-c3ccc(NC(=O)OCc4nccs4)cc3S(=O)(=O)NC(C)(C)C)s2)cc1. The van der Waals surface area contributed by atoms with Crippen LogP contribution >= 0.6 is 22.7 Å². The average molecular weight is 558 g/mol. The van der Waals surface area contributed by atoms with Crippen molar-refractivity contribution in [3.63, 3.8) is 0 Å². The number of amides is 1. The molecule has 0 aliphatic carbocycles. The van der Waals surface area contributed by atoms with Crippen molar-refractivity contribution in [2.75, 3.05) is 17.7 Å². The van der Waals surface area contributed by atoms with E-state index < -0.39 is 21.7 Å². The van der Waals surface area contributed by atoms with Gasteiger partial charge in [-0.2, -0.15) is 0 Å². The molecule has 0 bridgehead atoms. The summed E-state index contributed by atoms with van der Waals surface area (Å²) < 4.78 is 34.7. The second kappa shape index (κ2) is 11.0. The number of rotatable bonds is 8. The first-order valence-corrected chi connectivity index (χ1v) is 14.5. The standard InChI is InChI=1S/C25H27N5O4S3/c1-25(2,3)30-37(32,33)21-13-18(29-24(31)34-15-22-27-11-12-35-22)9-10-19(21)20-14-28-23(36-20)16-5-7-17(26-4)8-6-16/h5-14,26,30H,15H2,1-4H3,(H,29,31). The number of carbonyl (C=O) groups is 1. The molecule has 2 aromatic carbocycles. The van der Waals surface area contributed by atoms with Crippen molar-refractivity contribution in [2.24, 2.45) is 0 Å². The molecule has 12 heteroatoms. The molecule has 0 spiro atoms. The Kier molecular flexibility index (Phi) is 7.93. The summed E-state index contributed by atoms with van der Waals surface area (Å²) in [4.78, 5) is 21.6. The van der Waals surface area contributed by atoms with Crippen molar-refractivity contribution in [3.8, 4) is 21.0 Å². The van der Waals surface area contributed by atoms with Crippen LogP contribution in [0, 0.1) is 0 Å². The monoisotopic (exact) mass is 557 g/mol. The lowest BCUT2D eigenvalue weighted by Crippen LogP contribution is -2.40. The Hall–Kier alpha value is -3.32. The predicted molar refractivity (Wildman–Crippen MR) is 149 cm³/mol. The first-order chi connectivity index (χ1) is 17.5. The molecule has 0 fully saturated rings. The molecule has 0 unspecified atom stereocenters. The van der Waals surface area contributed by atoms with E-state index in [1.54, 1.807) is 50.7 Å². The maximum Gasteiger partial charge on any atom is 0.412 e. The highest BCUT2D eigenvalue weighted by atomic mass is 32.2. The normalized spacial score (nSPS) is 11.8. The lowest BCUT2D eigenvalue weighted by molar-refractivity contribution is 0.155. The summed E-state index contributed by atoms with van der Waals surface area (Å²) in [5.74, 6) is 0. The van der Waals surface area contributed by atoms with E-state index in [-0.39, 0.29) is 17.2 Å². The molecule has 1 amide bonds. The van der Waals surface area contributed by atoms with Gasteiger partial charge in [-0.05, 0) is 57.2 Å². The zero-order valence-corrected chi connectivity index (χ0v) is 23.2. The Morgan fingerprint density at radius 3 is 2.43 bits per heavy atom. The molecule has 0 saturated heterocycles. The maximum atomic E-state index is 13.4. The number of nitrogens with zero attached hydrogens (tertiary/aromatic N) is 2. The Labute approximate surface area is 224 Å². The Balaban J connectivity index is 1.65. The number of benzene rings is 2. The highest BCUT2D eigenvalue weighted by Gasteiger charge is 2.26. The van der Waals surface area contributed by atoms with Gasteiger partial charge in [-0.25, -0.2) is 27.9 Å². The van der Waals surface area contributed by atoms with Crippen LogP contribution in [-0.4, -0.2) is 37.1 Å². The van der Waals surface area contributed by atoms with Crippen molar-refractivity contribution < 1.29 is 17.9 Å². The second-order valence-electron chi connectivity index (χ2n) is 9.05. The number of thiazole rings is 2. The molecule has 2 heterocycles. The molecule has 9 nitrogen and oxygen atoms in total. The van der Waals surface area contributed by atoms with Crippen LogP contribution in [-0.2, 0) is 21.4 Å². The topological polar surface area (TPSA) is 122 Å². The van der Waals surface area contributed by atoms with E-state index in [0.717, 1.165) is 16.3 Å². The molecule has 0 atom stereocenters. The summed E-state index contributed by atoms with van der Waals surface area (Å²) in [5.41, 5.74) is 1.97. The number of ether oxygens (including phenoxy) is 1. The predicted octanol–water partition coefficient (Wildman–Crippen LogP) is 5.80. The van der Waals surface area contributed by atoms with Crippen molar-refractivity contribution >= 4 is 50.2 Å². The minimum Gasteiger partial charge on any atom is -0.442 e. The quantitative estimate of drug-likeness (QED) is 0.250. The lowest BCUT2D eigenvalue weighted by atomic mass is 10.1. The highest BCUT2D eigenvalue weighted by molar-refractivity contribution is 7.89. The number of hydrogen-bond donors (Lipinski definition) is 3. The minimum absolute atomic E-state index is 0.0251. The van der Waals surface area contributed by atoms with E-state index in [1.165, 1.54) is 28.7 Å². The van der Waals surface area contributed by atoms with Crippen LogP contribution in [0.2, 0.25) is 0 Å². The van der Waals surface area contributed by atoms with E-state index in [4.69, 9.17) is 4.74 Å². The third-order valence-corrected chi connectivity index (χ3v) is 8.59. The molecule has 3 N–H and O–H groups in total. The number of nitrogens with one attached hydrogen (secondary N) is 3. The fourth-order valence-corrected chi connectivity index (χ4v) is 6.62. The Morgan fingerprint density at radius 2 is 1.78 bits per heavy atom. The van der Waals surface area contributed by atoms with Crippen LogP contribution in [0.3, 0.4) is 0 Å². The number of anilines is 2. The van der Waals surface area contributed by atoms with E-state index in [0.29, 0.717) is 15.4 Å². The van der Waals surface area contributed by atoms with Gasteiger partial charge in [0.1, 0.15) is 16.6 Å². The summed E-state index contributed by atoms with van der Waals surface area (Å²) in [7, 11) is -2.10. The van der Waals surface area contributed by atoms with Gasteiger partial charge in [0.15, 0.2) is 0 Å². The first-order valence-electron chi connectivity index (χ1n) is 11.3. The van der Waals surface area contributed by atoms with Gasteiger partial charge in [0.05, 0.1) is 9.77 Å². The summed E-state index contributed by atoms with van der Waals surface area (Å²) in [6, 6.07) is 12.5. The largest absolute Gasteiger partial charge is 0.442 e. The second-order valence-corrected chi connectivity index (χ2v) is 12.7. The summed E-state index contributed by atoms with van der Waals surface area (Å²) in [6.07, 6.45) is 2.58. The van der Waals surface area contributed by atoms with Crippen LogP contribution < -0.4 is 15.4 Å². The third-order valence-electron chi connectivity index (χ3n) is 4.96. The molecule has 2 aromatic heterocycles. The maximum absolute atomic E-state index is 13.4. The van der Waals surface area contributed by atoms with Crippen molar-refractivity contribution in [1.82, 2.24) is 14.7 Å². The molecule has 0 aliphatic rings. The van der Waals surface area contributed by atoms with Crippen LogP contribution in [0.15, 0.2) is 65.1 Å². The third kappa shape index (κ3) is 6.92. The van der Waals surface area contributed by atoms with E-state index in [2.05, 4.69) is 25.3 Å². The fraction of sp³-hybridized carbons (Fsp3) is 0.240. The highest BCUT2D eigenvalue weighted by Crippen LogP contribution is 2.37. The Bertz CT molecular complexity index is 1480. The molecule has 4 rings (SSSR count). The van der Waals surface area contributed by atoms with Gasteiger partial charge < -0.3 is 10.1 Å². The van der Waals surface area contributed by atoms with Gasteiger partial charge in [0, 0.05) is 52.9 Å². The lowest BCUT2D eigenvalue weighted by Gasteiger charge is -2.22. The van der Waals surface area contributed by atoms with Gasteiger partial charge in [-0.15, -0.1) is 22.7 Å². The zero-order valence-electron chi connectivity index (χ0n) is 20.7. The molecule has 0 radical (unpaired) electrons. The van der Waals surface area contributed by atoms with Crippen LogP contribution in [0.25, 0.3) is 21.0 Å². The van der Waals surface area contributed by atoms with Crippen molar-refractivity contribution in [3.05, 3.63) is 65.2 Å². The number of sulfonamides is 1. The van der Waals surface area contributed by atoms with Gasteiger partial charge >= 0.3 is 6.09 Å². The molecule has 194 valence electrons. The van der Waals surface area contributed by atoms with Crippen LogP contribution in [0.5, 0.6) is 0 Å².